The third kappa shape index (κ3) is 3.18. The summed E-state index contributed by atoms with van der Waals surface area (Å²) in [6.45, 7) is 3.44. The van der Waals surface area contributed by atoms with Crippen molar-refractivity contribution in [2.75, 3.05) is 13.7 Å². The predicted octanol–water partition coefficient (Wildman–Crippen LogP) is 1.38. The van der Waals surface area contributed by atoms with Crippen molar-refractivity contribution in [1.82, 2.24) is 4.98 Å². The van der Waals surface area contributed by atoms with Crippen LogP contribution in [0.15, 0.2) is 47.3 Å². The first-order valence-electron chi connectivity index (χ1n) is 7.04. The van der Waals surface area contributed by atoms with Crippen LogP contribution in [0.3, 0.4) is 0 Å². The fraction of sp³-hybridized carbons (Fsp3) is 0.312. The van der Waals surface area contributed by atoms with E-state index in [4.69, 9.17) is 19.9 Å². The van der Waals surface area contributed by atoms with Gasteiger partial charge in [-0.3, -0.25) is 4.98 Å². The molecule has 1 aromatic rings. The van der Waals surface area contributed by atoms with Crippen LogP contribution in [0.1, 0.15) is 25.3 Å². The fourth-order valence-electron chi connectivity index (χ4n) is 2.44. The van der Waals surface area contributed by atoms with Gasteiger partial charge in [0.15, 0.2) is 0 Å². The summed E-state index contributed by atoms with van der Waals surface area (Å²) in [6, 6.07) is 3.44. The number of nitrogens with two attached hydrogens (primary N) is 1. The lowest BCUT2D eigenvalue weighted by Gasteiger charge is -2.28. The van der Waals surface area contributed by atoms with E-state index in [0.717, 1.165) is 0 Å². The highest BCUT2D eigenvalue weighted by Crippen LogP contribution is 2.39. The molecule has 2 N–H and O–H groups in total. The largest absolute Gasteiger partial charge is 0.466 e. The molecule has 2 rings (SSSR count). The fourth-order valence-corrected chi connectivity index (χ4v) is 2.44. The van der Waals surface area contributed by atoms with E-state index in [1.54, 1.807) is 38.4 Å². The van der Waals surface area contributed by atoms with Crippen LogP contribution in [0.5, 0.6) is 0 Å². The normalized spacial score (nSPS) is 17.6. The van der Waals surface area contributed by atoms with Gasteiger partial charge in [-0.1, -0.05) is 6.07 Å². The van der Waals surface area contributed by atoms with Crippen LogP contribution in [0.25, 0.3) is 0 Å². The van der Waals surface area contributed by atoms with Crippen LogP contribution in [0.2, 0.25) is 0 Å². The number of pyridine rings is 1. The first-order valence-corrected chi connectivity index (χ1v) is 7.04. The molecule has 0 saturated heterocycles. The number of esters is 2. The number of methoxy groups -OCH3 is 1. The highest BCUT2D eigenvalue weighted by molar-refractivity contribution is 5.99. The van der Waals surface area contributed by atoms with Crippen LogP contribution in [0.4, 0.5) is 0 Å². The summed E-state index contributed by atoms with van der Waals surface area (Å²) in [4.78, 5) is 28.6. The van der Waals surface area contributed by atoms with Gasteiger partial charge in [-0.2, -0.15) is 0 Å². The smallest absolute Gasteiger partial charge is 0.340 e. The van der Waals surface area contributed by atoms with Gasteiger partial charge < -0.3 is 19.9 Å². The number of nitrogens with zero attached hydrogens (tertiary/aromatic N) is 1. The molecule has 0 amide bonds. The number of hydrogen-bond acceptors (Lipinski definition) is 7. The van der Waals surface area contributed by atoms with Gasteiger partial charge in [0.1, 0.15) is 11.3 Å². The number of aromatic nitrogens is 1. The Morgan fingerprint density at radius 1 is 1.35 bits per heavy atom. The van der Waals surface area contributed by atoms with E-state index >= 15 is 0 Å². The summed E-state index contributed by atoms with van der Waals surface area (Å²) in [6.07, 6.45) is 3.15. The lowest BCUT2D eigenvalue weighted by Crippen LogP contribution is -2.30. The Balaban J connectivity index is 2.62. The molecule has 0 spiro atoms. The van der Waals surface area contributed by atoms with E-state index in [-0.39, 0.29) is 29.4 Å². The second-order valence-electron chi connectivity index (χ2n) is 4.78. The minimum atomic E-state index is -0.760. The van der Waals surface area contributed by atoms with Crippen molar-refractivity contribution in [2.24, 2.45) is 5.73 Å². The molecule has 0 aliphatic carbocycles. The summed E-state index contributed by atoms with van der Waals surface area (Å²) in [5.74, 6) is -1.83. The molecule has 1 aromatic heterocycles. The molecule has 7 heteroatoms. The molecule has 1 aliphatic rings. The number of allylic oxidation sites excluding steroid dienone is 1. The Kier molecular flexibility index (Phi) is 5.00. The Morgan fingerprint density at radius 2 is 2.09 bits per heavy atom. The molecule has 7 nitrogen and oxygen atoms in total. The minimum absolute atomic E-state index is 0.0610. The number of ether oxygens (including phenoxy) is 3. The van der Waals surface area contributed by atoms with Gasteiger partial charge >= 0.3 is 11.9 Å². The molecular formula is C16H18N2O5. The first-order chi connectivity index (χ1) is 11.0. The summed E-state index contributed by atoms with van der Waals surface area (Å²) in [7, 11) is 1.26. The number of carbonyl (C=O) groups excluding carboxylic acids is 2. The third-order valence-corrected chi connectivity index (χ3v) is 3.40. The van der Waals surface area contributed by atoms with Crippen LogP contribution >= 0.6 is 0 Å². The van der Waals surface area contributed by atoms with Crippen molar-refractivity contribution in [2.45, 2.75) is 19.8 Å². The molecule has 0 radical (unpaired) electrons. The van der Waals surface area contributed by atoms with E-state index < -0.39 is 17.9 Å². The van der Waals surface area contributed by atoms with Crippen LogP contribution in [-0.2, 0) is 23.8 Å². The van der Waals surface area contributed by atoms with E-state index in [9.17, 15) is 9.59 Å². The van der Waals surface area contributed by atoms with Gasteiger partial charge in [0.25, 0.3) is 0 Å². The zero-order valence-electron chi connectivity index (χ0n) is 13.2. The van der Waals surface area contributed by atoms with Crippen molar-refractivity contribution in [1.29, 1.82) is 0 Å². The zero-order chi connectivity index (χ0) is 17.0. The molecule has 122 valence electrons. The lowest BCUT2D eigenvalue weighted by molar-refractivity contribution is -0.139. The zero-order valence-corrected chi connectivity index (χ0v) is 13.2. The molecular weight excluding hydrogens is 300 g/mol. The Labute approximate surface area is 133 Å². The lowest BCUT2D eigenvalue weighted by atomic mass is 9.83. The number of hydrogen-bond donors (Lipinski definition) is 1. The Hall–Kier alpha value is -2.83. The first kappa shape index (κ1) is 16.5. The number of carbonyl (C=O) groups is 2. The maximum absolute atomic E-state index is 12.3. The SMILES string of the molecule is CCOC(=O)C1=C(N)OC(C)=C(C(=O)OC)[C@@H]1c1cccnc1. The summed E-state index contributed by atoms with van der Waals surface area (Å²) in [5.41, 5.74) is 6.75. The highest BCUT2D eigenvalue weighted by Gasteiger charge is 2.39. The molecule has 0 fully saturated rings. The Bertz CT molecular complexity index is 679. The van der Waals surface area contributed by atoms with Gasteiger partial charge in [0, 0.05) is 12.4 Å². The summed E-state index contributed by atoms with van der Waals surface area (Å²) in [5, 5.41) is 0. The van der Waals surface area contributed by atoms with Gasteiger partial charge in [-0.05, 0) is 25.5 Å². The second-order valence-corrected chi connectivity index (χ2v) is 4.78. The van der Waals surface area contributed by atoms with Gasteiger partial charge in [-0.25, -0.2) is 9.59 Å². The quantitative estimate of drug-likeness (QED) is 0.837. The molecule has 2 heterocycles. The van der Waals surface area contributed by atoms with Gasteiger partial charge in [0.2, 0.25) is 5.88 Å². The van der Waals surface area contributed by atoms with Gasteiger partial charge in [-0.15, -0.1) is 0 Å². The summed E-state index contributed by atoms with van der Waals surface area (Å²) >= 11 is 0. The maximum atomic E-state index is 12.3. The van der Waals surface area contributed by atoms with Crippen LogP contribution in [0, 0.1) is 0 Å². The topological polar surface area (TPSA) is 101 Å². The van der Waals surface area contributed by atoms with Crippen molar-refractivity contribution in [3.63, 3.8) is 0 Å². The minimum Gasteiger partial charge on any atom is -0.466 e. The van der Waals surface area contributed by atoms with E-state index in [1.165, 1.54) is 7.11 Å². The maximum Gasteiger partial charge on any atom is 0.340 e. The van der Waals surface area contributed by atoms with Crippen molar-refractivity contribution >= 4 is 11.9 Å². The number of rotatable bonds is 4. The van der Waals surface area contributed by atoms with Crippen LogP contribution < -0.4 is 5.73 Å². The average Bonchev–Trinajstić information content (AvgIpc) is 2.54. The Morgan fingerprint density at radius 3 is 2.65 bits per heavy atom. The van der Waals surface area contributed by atoms with E-state index in [2.05, 4.69) is 4.98 Å². The monoisotopic (exact) mass is 318 g/mol. The van der Waals surface area contributed by atoms with Crippen LogP contribution in [-0.4, -0.2) is 30.6 Å². The summed E-state index contributed by atoms with van der Waals surface area (Å²) < 4.78 is 15.2. The molecule has 1 atom stereocenters. The molecule has 1 aliphatic heterocycles. The van der Waals surface area contributed by atoms with E-state index in [0.29, 0.717) is 5.56 Å². The predicted molar refractivity (Wildman–Crippen MR) is 80.6 cm³/mol. The molecule has 0 bridgehead atoms. The van der Waals surface area contributed by atoms with Crippen molar-refractivity contribution in [3.05, 3.63) is 52.9 Å². The molecule has 0 unspecified atom stereocenters. The second kappa shape index (κ2) is 6.95. The van der Waals surface area contributed by atoms with Crippen molar-refractivity contribution < 1.29 is 23.8 Å². The third-order valence-electron chi connectivity index (χ3n) is 3.40. The average molecular weight is 318 g/mol. The molecule has 0 aromatic carbocycles. The molecule has 0 saturated carbocycles. The molecule has 23 heavy (non-hydrogen) atoms. The standard InChI is InChI=1S/C16H18N2O5/c1-4-22-16(20)13-12(10-6-5-7-18-8-10)11(15(19)21-3)9(2)23-14(13)17/h5-8,12H,4,17H2,1-3H3/t12-/m0/s1. The van der Waals surface area contributed by atoms with Gasteiger partial charge in [0.05, 0.1) is 25.2 Å². The van der Waals surface area contributed by atoms with Crippen molar-refractivity contribution in [3.8, 4) is 0 Å². The highest BCUT2D eigenvalue weighted by atomic mass is 16.5. The van der Waals surface area contributed by atoms with E-state index in [1.807, 2.05) is 0 Å².